The maximum atomic E-state index is 6.36. The summed E-state index contributed by atoms with van der Waals surface area (Å²) in [4.78, 5) is 5.07. The van der Waals surface area contributed by atoms with Gasteiger partial charge >= 0.3 is 7.12 Å². The fourth-order valence-electron chi connectivity index (χ4n) is 4.07. The lowest BCUT2D eigenvalue weighted by atomic mass is 9.86. The van der Waals surface area contributed by atoms with Gasteiger partial charge < -0.3 is 14.6 Å². The maximum Gasteiger partial charge on any atom is 0.532 e. The van der Waals surface area contributed by atoms with Crippen LogP contribution in [0, 0.1) is 41.5 Å². The van der Waals surface area contributed by atoms with Gasteiger partial charge in [0.05, 0.1) is 16.9 Å². The largest absolute Gasteiger partial charge is 0.532 e. The van der Waals surface area contributed by atoms with Gasteiger partial charge in [-0.15, -0.1) is 0 Å². The molecule has 30 heavy (non-hydrogen) atoms. The summed E-state index contributed by atoms with van der Waals surface area (Å²) >= 11 is 0. The molecule has 0 amide bonds. The van der Waals surface area contributed by atoms with Crippen LogP contribution in [0.5, 0.6) is 0 Å². The van der Waals surface area contributed by atoms with Crippen molar-refractivity contribution in [3.05, 3.63) is 57.6 Å². The number of amidine groups is 1. The predicted molar refractivity (Wildman–Crippen MR) is 128 cm³/mol. The fraction of sp³-hybridized carbons (Fsp3) is 0.480. The average molecular weight is 406 g/mol. The third-order valence-corrected chi connectivity index (χ3v) is 6.27. The minimum Gasteiger partial charge on any atom is -0.397 e. The molecule has 0 atom stereocenters. The number of aliphatic imine (C=N–C) groups is 1. The third kappa shape index (κ3) is 4.33. The molecule has 1 aliphatic rings. The van der Waals surface area contributed by atoms with Crippen LogP contribution in [0.25, 0.3) is 0 Å². The number of anilines is 1. The Labute approximate surface area is 182 Å². The number of nitrogens with zero attached hydrogens (tertiary/aromatic N) is 1. The van der Waals surface area contributed by atoms with E-state index in [1.54, 1.807) is 0 Å². The Balaban J connectivity index is 2.12. The van der Waals surface area contributed by atoms with Gasteiger partial charge in [-0.3, -0.25) is 0 Å². The zero-order valence-corrected chi connectivity index (χ0v) is 20.2. The Kier molecular flexibility index (Phi) is 5.92. The molecule has 1 fully saturated rings. The van der Waals surface area contributed by atoms with E-state index in [1.165, 1.54) is 22.3 Å². The van der Waals surface area contributed by atoms with Crippen LogP contribution in [0.4, 0.5) is 11.4 Å². The molecule has 2 aromatic rings. The summed E-state index contributed by atoms with van der Waals surface area (Å²) in [5.74, 6) is 0. The normalized spacial score (nSPS) is 18.1. The van der Waals surface area contributed by atoms with Gasteiger partial charge in [-0.25, -0.2) is 4.99 Å². The van der Waals surface area contributed by atoms with Gasteiger partial charge in [0.25, 0.3) is 0 Å². The first-order valence-electron chi connectivity index (χ1n) is 10.7. The van der Waals surface area contributed by atoms with Crippen LogP contribution in [-0.4, -0.2) is 24.1 Å². The molecule has 4 nitrogen and oxygen atoms in total. The van der Waals surface area contributed by atoms with E-state index in [-0.39, 0.29) is 0 Å². The molecule has 0 radical (unpaired) electrons. The second kappa shape index (κ2) is 7.86. The van der Waals surface area contributed by atoms with Crippen LogP contribution in [0.15, 0.2) is 29.3 Å². The number of aryl methyl sites for hydroxylation is 6. The van der Waals surface area contributed by atoms with E-state index in [9.17, 15) is 0 Å². The van der Waals surface area contributed by atoms with Gasteiger partial charge in [0.15, 0.2) is 0 Å². The van der Waals surface area contributed by atoms with Crippen LogP contribution in [-0.2, 0) is 9.31 Å². The van der Waals surface area contributed by atoms with E-state index in [4.69, 9.17) is 14.3 Å². The molecule has 1 N–H and O–H groups in total. The highest BCUT2D eigenvalue weighted by Gasteiger charge is 2.53. The van der Waals surface area contributed by atoms with Crippen molar-refractivity contribution in [2.24, 2.45) is 4.99 Å². The molecular formula is C25H35BN2O2. The highest BCUT2D eigenvalue weighted by Crippen LogP contribution is 2.38. The van der Waals surface area contributed by atoms with Crippen molar-refractivity contribution in [1.29, 1.82) is 0 Å². The predicted octanol–water partition coefficient (Wildman–Crippen LogP) is 6.31. The maximum absolute atomic E-state index is 6.36. The summed E-state index contributed by atoms with van der Waals surface area (Å²) in [5.41, 5.74) is 8.93. The molecule has 0 unspecified atom stereocenters. The Morgan fingerprint density at radius 2 is 1.13 bits per heavy atom. The van der Waals surface area contributed by atoms with Crippen molar-refractivity contribution in [3.8, 4) is 0 Å². The summed E-state index contributed by atoms with van der Waals surface area (Å²) in [6.45, 7) is 20.9. The Morgan fingerprint density at radius 3 is 1.57 bits per heavy atom. The number of hydrogen-bond donors (Lipinski definition) is 1. The van der Waals surface area contributed by atoms with Gasteiger partial charge in [-0.1, -0.05) is 35.4 Å². The molecule has 2 aromatic carbocycles. The van der Waals surface area contributed by atoms with Crippen LogP contribution in [0.2, 0.25) is 0 Å². The average Bonchev–Trinajstić information content (AvgIpc) is 2.79. The van der Waals surface area contributed by atoms with Gasteiger partial charge in [-0.2, -0.15) is 0 Å². The lowest BCUT2D eigenvalue weighted by molar-refractivity contribution is 0.00578. The van der Waals surface area contributed by atoms with Crippen molar-refractivity contribution < 1.29 is 9.31 Å². The fourth-order valence-corrected chi connectivity index (χ4v) is 4.07. The van der Waals surface area contributed by atoms with E-state index in [0.29, 0.717) is 5.73 Å². The van der Waals surface area contributed by atoms with E-state index >= 15 is 0 Å². The summed E-state index contributed by atoms with van der Waals surface area (Å²) < 4.78 is 12.7. The molecule has 160 valence electrons. The number of benzene rings is 2. The van der Waals surface area contributed by atoms with E-state index < -0.39 is 18.3 Å². The summed E-state index contributed by atoms with van der Waals surface area (Å²) in [6.07, 6.45) is 0. The molecule has 0 aromatic heterocycles. The summed E-state index contributed by atoms with van der Waals surface area (Å²) in [6, 6.07) is 8.69. The highest BCUT2D eigenvalue weighted by atomic mass is 16.7. The van der Waals surface area contributed by atoms with Crippen molar-refractivity contribution in [2.75, 3.05) is 5.32 Å². The number of nitrogens with one attached hydrogen (secondary N) is 1. The number of hydrogen-bond acceptors (Lipinski definition) is 3. The van der Waals surface area contributed by atoms with Crippen LogP contribution < -0.4 is 5.32 Å². The quantitative estimate of drug-likeness (QED) is 0.369. The van der Waals surface area contributed by atoms with Crippen molar-refractivity contribution in [2.45, 2.75) is 80.4 Å². The van der Waals surface area contributed by atoms with E-state index in [1.807, 2.05) is 0 Å². The first-order valence-corrected chi connectivity index (χ1v) is 10.7. The van der Waals surface area contributed by atoms with Gasteiger partial charge in [0, 0.05) is 5.69 Å². The molecule has 1 saturated heterocycles. The Bertz CT molecular complexity index is 946. The second-order valence-corrected chi connectivity index (χ2v) is 9.73. The lowest BCUT2D eigenvalue weighted by Crippen LogP contribution is -2.41. The highest BCUT2D eigenvalue weighted by molar-refractivity contribution is 6.84. The van der Waals surface area contributed by atoms with E-state index in [2.05, 4.69) is 98.8 Å². The molecule has 1 heterocycles. The van der Waals surface area contributed by atoms with E-state index in [0.717, 1.165) is 22.5 Å². The van der Waals surface area contributed by atoms with Crippen molar-refractivity contribution in [3.63, 3.8) is 0 Å². The molecule has 1 aliphatic heterocycles. The number of rotatable bonds is 3. The minimum atomic E-state index is -0.574. The SMILES string of the molecule is Cc1cc(C)c(N=C(Nc2c(C)cc(C)cc2C)B2OC(C)(C)C(C)(C)O2)c(C)c1. The standard InChI is InChI=1S/C25H35BN2O2/c1-15-11-17(3)21(18(4)12-15)27-23(26-29-24(7,8)25(9,10)30-26)28-22-19(5)13-16(2)14-20(22)6/h11-14H,1-10H3,(H,27,28). The minimum absolute atomic E-state index is 0.436. The molecule has 0 saturated carbocycles. The lowest BCUT2D eigenvalue weighted by Gasteiger charge is -2.32. The van der Waals surface area contributed by atoms with Gasteiger partial charge in [-0.05, 0) is 91.5 Å². The Morgan fingerprint density at radius 1 is 0.733 bits per heavy atom. The molecule has 0 aliphatic carbocycles. The Hall–Kier alpha value is -2.11. The van der Waals surface area contributed by atoms with Gasteiger partial charge in [0.2, 0.25) is 0 Å². The third-order valence-electron chi connectivity index (χ3n) is 6.27. The first kappa shape index (κ1) is 22.6. The van der Waals surface area contributed by atoms with Crippen LogP contribution in [0.3, 0.4) is 0 Å². The van der Waals surface area contributed by atoms with Crippen LogP contribution in [0.1, 0.15) is 61.1 Å². The second-order valence-electron chi connectivity index (χ2n) is 9.73. The molecule has 0 spiro atoms. The summed E-state index contributed by atoms with van der Waals surface area (Å²) in [5, 5.41) is 3.58. The molecule has 3 rings (SSSR count). The van der Waals surface area contributed by atoms with Crippen molar-refractivity contribution in [1.82, 2.24) is 0 Å². The topological polar surface area (TPSA) is 42.9 Å². The first-order chi connectivity index (χ1) is 13.8. The van der Waals surface area contributed by atoms with Gasteiger partial charge in [0.1, 0.15) is 5.73 Å². The monoisotopic (exact) mass is 406 g/mol. The molecular weight excluding hydrogens is 371 g/mol. The molecule has 5 heteroatoms. The smallest absolute Gasteiger partial charge is 0.397 e. The zero-order valence-electron chi connectivity index (χ0n) is 20.2. The molecule has 0 bridgehead atoms. The van der Waals surface area contributed by atoms with Crippen LogP contribution >= 0.6 is 0 Å². The van der Waals surface area contributed by atoms with Crippen molar-refractivity contribution >= 4 is 24.2 Å². The summed E-state index contributed by atoms with van der Waals surface area (Å²) in [7, 11) is -0.574. The zero-order chi connectivity index (χ0) is 22.4.